The first-order valence-corrected chi connectivity index (χ1v) is 18.2. The van der Waals surface area contributed by atoms with Crippen molar-refractivity contribution >= 4 is 46.4 Å². The zero-order valence-corrected chi connectivity index (χ0v) is 30.9. The third kappa shape index (κ3) is 8.42. The fourth-order valence-corrected chi connectivity index (χ4v) is 7.02. The minimum absolute atomic E-state index is 0.00871. The first kappa shape index (κ1) is 37.0. The Morgan fingerprint density at radius 1 is 0.691 bits per heavy atom. The van der Waals surface area contributed by atoms with Gasteiger partial charge in [-0.1, -0.05) is 42.5 Å². The Bertz CT molecular complexity index is 2210. The Hall–Kier alpha value is -6.32. The van der Waals surface area contributed by atoms with Crippen molar-refractivity contribution in [2.45, 2.75) is 57.9 Å². The minimum atomic E-state index is -1.13. The van der Waals surface area contributed by atoms with Crippen molar-refractivity contribution in [3.63, 3.8) is 0 Å². The van der Waals surface area contributed by atoms with E-state index in [1.807, 2.05) is 87.5 Å². The standard InChI is InChI=1S/C39H44N8O8/c1-39(2,3)55-37(52)45-16-18-47(38(53)54-23-26-7-5-4-6-8-26)32(22-45)34-41-28-14-12-25(20-30(28)43-34)10-9-24-11-13-27-29(19-24)42-33(40-27)31-21-44(35(48)49)15-17-46(31)36(50)51/h4-8,11-14,19-20,31-32H,9-10,15-18,21-23H2,1-3H3,(H,40,42)(H,41,43)(H,48,49)(H,50,51). The summed E-state index contributed by atoms with van der Waals surface area (Å²) in [6, 6.07) is 19.9. The van der Waals surface area contributed by atoms with E-state index < -0.39 is 42.1 Å². The topological polar surface area (TPSA) is 198 Å². The summed E-state index contributed by atoms with van der Waals surface area (Å²) in [5.74, 6) is 0.930. The molecule has 0 saturated carbocycles. The molecule has 7 rings (SSSR count). The second kappa shape index (κ2) is 15.2. The van der Waals surface area contributed by atoms with E-state index in [0.717, 1.165) is 33.2 Å². The number of nitrogens with one attached hydrogen (secondary N) is 2. The summed E-state index contributed by atoms with van der Waals surface area (Å²) >= 11 is 0. The molecule has 16 heteroatoms. The Kier molecular flexibility index (Phi) is 10.2. The number of imidazole rings is 2. The third-order valence-corrected chi connectivity index (χ3v) is 9.83. The van der Waals surface area contributed by atoms with Crippen LogP contribution in [-0.4, -0.2) is 119 Å². The molecule has 0 radical (unpaired) electrons. The third-order valence-electron chi connectivity index (χ3n) is 9.83. The van der Waals surface area contributed by atoms with Crippen molar-refractivity contribution in [2.75, 3.05) is 39.3 Å². The number of fused-ring (bicyclic) bond motifs is 2. The molecule has 4 heterocycles. The Morgan fingerprint density at radius 2 is 1.24 bits per heavy atom. The fourth-order valence-electron chi connectivity index (χ4n) is 7.02. The molecule has 2 unspecified atom stereocenters. The quantitative estimate of drug-likeness (QED) is 0.149. The zero-order valence-electron chi connectivity index (χ0n) is 30.9. The zero-order chi connectivity index (χ0) is 38.9. The van der Waals surface area contributed by atoms with Gasteiger partial charge >= 0.3 is 24.4 Å². The van der Waals surface area contributed by atoms with Crippen LogP contribution in [0.15, 0.2) is 66.7 Å². The average molecular weight is 753 g/mol. The largest absolute Gasteiger partial charge is 0.465 e. The van der Waals surface area contributed by atoms with Gasteiger partial charge in [0.25, 0.3) is 0 Å². The van der Waals surface area contributed by atoms with Gasteiger partial charge in [-0.25, -0.2) is 29.1 Å². The number of benzene rings is 3. The molecule has 2 saturated heterocycles. The van der Waals surface area contributed by atoms with E-state index in [1.165, 1.54) is 9.80 Å². The first-order chi connectivity index (χ1) is 26.3. The minimum Gasteiger partial charge on any atom is -0.465 e. The number of aryl methyl sites for hydroxylation is 2. The summed E-state index contributed by atoms with van der Waals surface area (Å²) < 4.78 is 11.4. The van der Waals surface area contributed by atoms with E-state index in [-0.39, 0.29) is 45.9 Å². The lowest BCUT2D eigenvalue weighted by atomic mass is 10.0. The number of H-pyrrole nitrogens is 2. The van der Waals surface area contributed by atoms with Gasteiger partial charge < -0.3 is 39.5 Å². The van der Waals surface area contributed by atoms with Gasteiger partial charge in [0.1, 0.15) is 35.9 Å². The van der Waals surface area contributed by atoms with Crippen molar-refractivity contribution in [1.82, 2.24) is 39.5 Å². The summed E-state index contributed by atoms with van der Waals surface area (Å²) in [6.07, 6.45) is -1.79. The number of carbonyl (C=O) groups excluding carboxylic acids is 2. The van der Waals surface area contributed by atoms with Gasteiger partial charge in [0.2, 0.25) is 0 Å². The molecule has 2 atom stereocenters. The lowest BCUT2D eigenvalue weighted by Crippen LogP contribution is -2.53. The number of carboxylic acid groups (broad SMARTS) is 2. The van der Waals surface area contributed by atoms with E-state index >= 15 is 0 Å². The number of aromatic amines is 2. The molecule has 2 aromatic heterocycles. The van der Waals surface area contributed by atoms with Crippen LogP contribution in [0.25, 0.3) is 22.1 Å². The molecular formula is C39H44N8O8. The molecule has 2 aliphatic rings. The number of carbonyl (C=O) groups is 4. The van der Waals surface area contributed by atoms with Gasteiger partial charge in [0.05, 0.1) is 35.2 Å². The molecule has 0 spiro atoms. The summed E-state index contributed by atoms with van der Waals surface area (Å²) in [6.45, 7) is 6.40. The van der Waals surface area contributed by atoms with Gasteiger partial charge in [-0.3, -0.25) is 9.80 Å². The van der Waals surface area contributed by atoms with E-state index in [2.05, 4.69) is 15.0 Å². The molecular weight excluding hydrogens is 708 g/mol. The number of piperazine rings is 2. The maximum atomic E-state index is 13.5. The number of nitrogens with zero attached hydrogens (tertiary/aromatic N) is 6. The van der Waals surface area contributed by atoms with Gasteiger partial charge in [-0.2, -0.15) is 0 Å². The van der Waals surface area contributed by atoms with E-state index in [4.69, 9.17) is 14.5 Å². The van der Waals surface area contributed by atoms with Crippen LogP contribution in [0.4, 0.5) is 19.2 Å². The van der Waals surface area contributed by atoms with Gasteiger partial charge in [0, 0.05) is 26.2 Å². The highest BCUT2D eigenvalue weighted by atomic mass is 16.6. The molecule has 3 aromatic carbocycles. The summed E-state index contributed by atoms with van der Waals surface area (Å²) in [5.41, 5.74) is 5.19. The average Bonchev–Trinajstić information content (AvgIpc) is 3.79. The number of ether oxygens (including phenoxy) is 2. The molecule has 55 heavy (non-hydrogen) atoms. The number of amides is 4. The molecule has 288 valence electrons. The number of rotatable bonds is 7. The number of aromatic nitrogens is 4. The fraction of sp³-hybridized carbons (Fsp3) is 0.385. The summed E-state index contributed by atoms with van der Waals surface area (Å²) in [7, 11) is 0. The SMILES string of the molecule is CC(C)(C)OC(=O)N1CCN(C(=O)OCc2ccccc2)C(c2nc3ccc(CCc4ccc5nc(C6CN(C(=O)O)CCN6C(=O)O)[nH]c5c4)cc3[nH]2)C1. The number of hydrogen-bond acceptors (Lipinski definition) is 8. The second-order valence-electron chi connectivity index (χ2n) is 14.8. The smallest absolute Gasteiger partial charge is 0.410 e. The predicted molar refractivity (Wildman–Crippen MR) is 201 cm³/mol. The Morgan fingerprint density at radius 3 is 1.80 bits per heavy atom. The van der Waals surface area contributed by atoms with Crippen molar-refractivity contribution in [2.24, 2.45) is 0 Å². The van der Waals surface area contributed by atoms with E-state index in [1.54, 1.807) is 9.80 Å². The molecule has 4 N–H and O–H groups in total. The van der Waals surface area contributed by atoms with Crippen LogP contribution < -0.4 is 0 Å². The molecule has 5 aromatic rings. The van der Waals surface area contributed by atoms with Crippen LogP contribution in [0.3, 0.4) is 0 Å². The highest BCUT2D eigenvalue weighted by molar-refractivity contribution is 5.78. The molecule has 2 aliphatic heterocycles. The van der Waals surface area contributed by atoms with Crippen LogP contribution >= 0.6 is 0 Å². The van der Waals surface area contributed by atoms with Crippen molar-refractivity contribution < 1.29 is 38.9 Å². The van der Waals surface area contributed by atoms with Crippen LogP contribution in [-0.2, 0) is 28.9 Å². The lowest BCUT2D eigenvalue weighted by Gasteiger charge is -2.40. The van der Waals surface area contributed by atoms with E-state index in [9.17, 15) is 29.4 Å². The van der Waals surface area contributed by atoms with E-state index in [0.29, 0.717) is 30.0 Å². The maximum Gasteiger partial charge on any atom is 0.410 e. The first-order valence-electron chi connectivity index (χ1n) is 18.2. The molecule has 16 nitrogen and oxygen atoms in total. The van der Waals surface area contributed by atoms with Crippen molar-refractivity contribution in [1.29, 1.82) is 0 Å². The monoisotopic (exact) mass is 752 g/mol. The Labute approximate surface area is 316 Å². The van der Waals surface area contributed by atoms with Crippen LogP contribution in [0.5, 0.6) is 0 Å². The summed E-state index contributed by atoms with van der Waals surface area (Å²) in [5, 5.41) is 19.3. The highest BCUT2D eigenvalue weighted by Crippen LogP contribution is 2.30. The van der Waals surface area contributed by atoms with Gasteiger partial charge in [-0.15, -0.1) is 0 Å². The van der Waals surface area contributed by atoms with Gasteiger partial charge in [-0.05, 0) is 74.6 Å². The summed E-state index contributed by atoms with van der Waals surface area (Å²) in [4.78, 5) is 71.8. The van der Waals surface area contributed by atoms with Gasteiger partial charge in [0.15, 0.2) is 0 Å². The molecule has 4 amide bonds. The lowest BCUT2D eigenvalue weighted by molar-refractivity contribution is -0.0000998. The molecule has 0 bridgehead atoms. The molecule has 0 aliphatic carbocycles. The van der Waals surface area contributed by atoms with Crippen LogP contribution in [0, 0.1) is 0 Å². The highest BCUT2D eigenvalue weighted by Gasteiger charge is 2.38. The maximum absolute atomic E-state index is 13.5. The normalized spacial score (nSPS) is 17.8. The van der Waals surface area contributed by atoms with Crippen molar-refractivity contribution in [3.8, 4) is 0 Å². The predicted octanol–water partition coefficient (Wildman–Crippen LogP) is 6.17. The molecule has 2 fully saturated rings. The van der Waals surface area contributed by atoms with Crippen molar-refractivity contribution in [3.05, 3.63) is 95.1 Å². The van der Waals surface area contributed by atoms with Crippen LogP contribution in [0.2, 0.25) is 0 Å². The van der Waals surface area contributed by atoms with Crippen LogP contribution in [0.1, 0.15) is 61.2 Å². The second-order valence-corrected chi connectivity index (χ2v) is 14.8. The number of hydrogen-bond donors (Lipinski definition) is 4. The Balaban J connectivity index is 1.07.